The highest BCUT2D eigenvalue weighted by Gasteiger charge is 1.97. The summed E-state index contributed by atoms with van der Waals surface area (Å²) in [6.45, 7) is 4.63. The number of aliphatic imine (C=N–C) groups is 2. The van der Waals surface area contributed by atoms with Crippen LogP contribution in [0.1, 0.15) is 6.92 Å². The molecule has 0 saturated carbocycles. The maximum absolute atomic E-state index is 4.11. The summed E-state index contributed by atoms with van der Waals surface area (Å²) in [6.07, 6.45) is 1.83. The van der Waals surface area contributed by atoms with E-state index in [-0.39, 0.29) is 0 Å². The Morgan fingerprint density at radius 2 is 2.67 bits per heavy atom. The van der Waals surface area contributed by atoms with Gasteiger partial charge in [0.15, 0.2) is 0 Å². The molecule has 1 aliphatic rings. The van der Waals surface area contributed by atoms with Crippen molar-refractivity contribution in [2.45, 2.75) is 6.92 Å². The molecule has 1 rings (SSSR count). The van der Waals surface area contributed by atoms with Crippen LogP contribution in [0.2, 0.25) is 0 Å². The molecule has 0 aromatic heterocycles. The molecule has 0 saturated heterocycles. The van der Waals surface area contributed by atoms with E-state index in [0.717, 1.165) is 25.5 Å². The minimum Gasteiger partial charge on any atom is -0.310 e. The molecule has 0 radical (unpaired) electrons. The molecule has 50 valence electrons. The van der Waals surface area contributed by atoms with Gasteiger partial charge in [0, 0.05) is 6.21 Å². The number of hydrogen-bond donors (Lipinski definition) is 1. The zero-order valence-corrected chi connectivity index (χ0v) is 5.59. The molecule has 0 fully saturated rings. The largest absolute Gasteiger partial charge is 0.310 e. The fourth-order valence-electron chi connectivity index (χ4n) is 0.672. The predicted octanol–water partition coefficient (Wildman–Crippen LogP) is 0.0788. The van der Waals surface area contributed by atoms with Gasteiger partial charge in [0.2, 0.25) is 0 Å². The van der Waals surface area contributed by atoms with E-state index in [1.165, 1.54) is 0 Å². The van der Waals surface area contributed by atoms with E-state index in [0.29, 0.717) is 0 Å². The van der Waals surface area contributed by atoms with Crippen LogP contribution < -0.4 is 5.32 Å². The third-order valence-corrected chi connectivity index (χ3v) is 1.13. The number of amidine groups is 1. The average molecular weight is 125 g/mol. The molecule has 0 unspecified atom stereocenters. The van der Waals surface area contributed by atoms with Crippen molar-refractivity contribution >= 4 is 12.1 Å². The van der Waals surface area contributed by atoms with Crippen molar-refractivity contribution in [2.75, 3.05) is 19.6 Å². The van der Waals surface area contributed by atoms with E-state index in [2.05, 4.69) is 22.2 Å². The molecule has 0 aliphatic carbocycles. The number of nitrogens with zero attached hydrogens (tertiary/aromatic N) is 2. The lowest BCUT2D eigenvalue weighted by Crippen LogP contribution is -2.20. The summed E-state index contributed by atoms with van der Waals surface area (Å²) in [7, 11) is 0. The molecule has 3 heteroatoms. The van der Waals surface area contributed by atoms with Crippen LogP contribution in [0.4, 0.5) is 0 Å². The standard InChI is InChI=1S/C6H11N3/c1-2-7-5-6-8-3-4-9-6/h3,7H,2,4-5H2,1H3. The first-order valence-corrected chi connectivity index (χ1v) is 3.20. The fraction of sp³-hybridized carbons (Fsp3) is 0.667. The Hall–Kier alpha value is -0.700. The van der Waals surface area contributed by atoms with Crippen molar-refractivity contribution in [1.82, 2.24) is 5.32 Å². The van der Waals surface area contributed by atoms with Gasteiger partial charge >= 0.3 is 0 Å². The summed E-state index contributed by atoms with van der Waals surface area (Å²) in [5, 5.41) is 3.15. The van der Waals surface area contributed by atoms with E-state index in [4.69, 9.17) is 0 Å². The van der Waals surface area contributed by atoms with Crippen LogP contribution in [0.3, 0.4) is 0 Å². The van der Waals surface area contributed by atoms with Gasteiger partial charge in [0.05, 0.1) is 13.1 Å². The number of hydrogen-bond acceptors (Lipinski definition) is 3. The SMILES string of the molecule is CCNCC1=NCC=N1. The molecule has 1 aliphatic heterocycles. The second-order valence-corrected chi connectivity index (χ2v) is 1.85. The maximum atomic E-state index is 4.11. The van der Waals surface area contributed by atoms with Crippen molar-refractivity contribution < 1.29 is 0 Å². The lowest BCUT2D eigenvalue weighted by molar-refractivity contribution is 0.814. The van der Waals surface area contributed by atoms with Crippen LogP contribution in [-0.4, -0.2) is 31.7 Å². The van der Waals surface area contributed by atoms with Gasteiger partial charge in [0.25, 0.3) is 0 Å². The Labute approximate surface area is 54.9 Å². The Balaban J connectivity index is 2.19. The Morgan fingerprint density at radius 1 is 1.78 bits per heavy atom. The molecule has 3 nitrogen and oxygen atoms in total. The molecule has 0 spiro atoms. The number of nitrogens with one attached hydrogen (secondary N) is 1. The lowest BCUT2D eigenvalue weighted by Gasteiger charge is -1.95. The van der Waals surface area contributed by atoms with E-state index < -0.39 is 0 Å². The quantitative estimate of drug-likeness (QED) is 0.569. The monoisotopic (exact) mass is 125 g/mol. The highest BCUT2D eigenvalue weighted by Crippen LogP contribution is 1.86. The Kier molecular flexibility index (Phi) is 2.39. The van der Waals surface area contributed by atoms with Crippen LogP contribution >= 0.6 is 0 Å². The van der Waals surface area contributed by atoms with Crippen LogP contribution in [-0.2, 0) is 0 Å². The summed E-state index contributed by atoms with van der Waals surface area (Å²) < 4.78 is 0. The van der Waals surface area contributed by atoms with Gasteiger partial charge in [-0.25, -0.2) is 4.99 Å². The van der Waals surface area contributed by atoms with Crippen LogP contribution in [0.25, 0.3) is 0 Å². The molecular formula is C6H11N3. The second kappa shape index (κ2) is 3.35. The third kappa shape index (κ3) is 1.93. The molecule has 0 bridgehead atoms. The van der Waals surface area contributed by atoms with E-state index in [1.807, 2.05) is 6.21 Å². The van der Waals surface area contributed by atoms with Crippen molar-refractivity contribution in [3.8, 4) is 0 Å². The highest BCUT2D eigenvalue weighted by molar-refractivity contribution is 5.95. The molecule has 0 amide bonds. The van der Waals surface area contributed by atoms with Gasteiger partial charge in [-0.2, -0.15) is 0 Å². The summed E-state index contributed by atoms with van der Waals surface area (Å²) >= 11 is 0. The minimum atomic E-state index is 0.765. The maximum Gasteiger partial charge on any atom is 0.137 e. The summed E-state index contributed by atoms with van der Waals surface area (Å²) in [4.78, 5) is 8.14. The van der Waals surface area contributed by atoms with Gasteiger partial charge in [-0.1, -0.05) is 6.92 Å². The number of likely N-dealkylation sites (N-methyl/N-ethyl adjacent to an activating group) is 1. The molecule has 9 heavy (non-hydrogen) atoms. The highest BCUT2D eigenvalue weighted by atomic mass is 15.0. The van der Waals surface area contributed by atoms with Crippen molar-refractivity contribution in [1.29, 1.82) is 0 Å². The lowest BCUT2D eigenvalue weighted by atomic mass is 10.5. The van der Waals surface area contributed by atoms with Crippen LogP contribution in [0, 0.1) is 0 Å². The smallest absolute Gasteiger partial charge is 0.137 e. The van der Waals surface area contributed by atoms with Crippen LogP contribution in [0.5, 0.6) is 0 Å². The van der Waals surface area contributed by atoms with Gasteiger partial charge < -0.3 is 5.32 Å². The molecule has 1 heterocycles. The fourth-order valence-corrected chi connectivity index (χ4v) is 0.672. The Morgan fingerprint density at radius 3 is 3.22 bits per heavy atom. The normalized spacial score (nSPS) is 16.3. The topological polar surface area (TPSA) is 36.8 Å². The van der Waals surface area contributed by atoms with E-state index in [9.17, 15) is 0 Å². The van der Waals surface area contributed by atoms with E-state index >= 15 is 0 Å². The van der Waals surface area contributed by atoms with Gasteiger partial charge in [0.1, 0.15) is 5.84 Å². The first kappa shape index (κ1) is 6.42. The second-order valence-electron chi connectivity index (χ2n) is 1.85. The summed E-state index contributed by atoms with van der Waals surface area (Å²) in [6, 6.07) is 0. The van der Waals surface area contributed by atoms with Crippen molar-refractivity contribution in [3.63, 3.8) is 0 Å². The zero-order valence-electron chi connectivity index (χ0n) is 5.59. The molecule has 0 atom stereocenters. The summed E-state index contributed by atoms with van der Waals surface area (Å²) in [5.74, 6) is 0.928. The minimum absolute atomic E-state index is 0.765. The average Bonchev–Trinajstić information content (AvgIpc) is 2.34. The summed E-state index contributed by atoms with van der Waals surface area (Å²) in [5.41, 5.74) is 0. The predicted molar refractivity (Wildman–Crippen MR) is 39.3 cm³/mol. The third-order valence-electron chi connectivity index (χ3n) is 1.13. The number of rotatable bonds is 3. The first-order chi connectivity index (χ1) is 4.43. The zero-order chi connectivity index (χ0) is 6.53. The molecule has 0 aromatic carbocycles. The van der Waals surface area contributed by atoms with E-state index in [1.54, 1.807) is 0 Å². The van der Waals surface area contributed by atoms with Crippen LogP contribution in [0.15, 0.2) is 9.98 Å². The Bertz CT molecular complexity index is 137. The van der Waals surface area contributed by atoms with Gasteiger partial charge in [-0.05, 0) is 6.54 Å². The molecular weight excluding hydrogens is 114 g/mol. The van der Waals surface area contributed by atoms with Crippen molar-refractivity contribution in [3.05, 3.63) is 0 Å². The van der Waals surface area contributed by atoms with Gasteiger partial charge in [-0.15, -0.1) is 0 Å². The van der Waals surface area contributed by atoms with Gasteiger partial charge in [-0.3, -0.25) is 4.99 Å². The van der Waals surface area contributed by atoms with Crippen molar-refractivity contribution in [2.24, 2.45) is 9.98 Å². The molecule has 1 N–H and O–H groups in total. The molecule has 0 aromatic rings. The first-order valence-electron chi connectivity index (χ1n) is 3.20.